The van der Waals surface area contributed by atoms with Gasteiger partial charge in [0.25, 0.3) is 0 Å². The highest BCUT2D eigenvalue weighted by Gasteiger charge is 2.39. The van der Waals surface area contributed by atoms with Crippen LogP contribution in [0.4, 0.5) is 11.4 Å². The molecule has 2 aromatic rings. The minimum absolute atomic E-state index is 0.249. The lowest BCUT2D eigenvalue weighted by atomic mass is 10.1. The average Bonchev–Trinajstić information content (AvgIpc) is 2.58. The first-order valence-electron chi connectivity index (χ1n) is 8.94. The van der Waals surface area contributed by atoms with Crippen LogP contribution >= 0.6 is 11.1 Å². The molecule has 26 heavy (non-hydrogen) atoms. The van der Waals surface area contributed by atoms with Gasteiger partial charge in [0.05, 0.1) is 0 Å². The quantitative estimate of drug-likeness (QED) is 0.511. The largest absolute Gasteiger partial charge is 0.419 e. The second kappa shape index (κ2) is 7.63. The summed E-state index contributed by atoms with van der Waals surface area (Å²) in [4.78, 5) is 0. The summed E-state index contributed by atoms with van der Waals surface area (Å²) in [5, 5.41) is 0. The molecule has 1 unspecified atom stereocenters. The molecule has 1 heterocycles. The number of para-hydroxylation sites is 2. The molecule has 2 aromatic carbocycles. The van der Waals surface area contributed by atoms with Gasteiger partial charge >= 0.3 is 8.43 Å². The summed E-state index contributed by atoms with van der Waals surface area (Å²) in [6.45, 7) is 10.9. The standard InChI is InChI=1S/C21H25ClN2Si2/c1-14-8-6-9-15(2)20(14)23-18(5)12-19(13-25)24(26(23)22)21-16(3)10-7-11-17(21)4/h6-12,19H,13H2,1-5H3. The van der Waals surface area contributed by atoms with Gasteiger partial charge in [-0.05, 0) is 69.0 Å². The number of benzene rings is 2. The molecule has 2 nitrogen and oxygen atoms in total. The van der Waals surface area contributed by atoms with Crippen molar-refractivity contribution in [2.45, 2.75) is 46.7 Å². The fraction of sp³-hybridized carbons (Fsp3) is 0.333. The van der Waals surface area contributed by atoms with E-state index in [1.54, 1.807) is 0 Å². The minimum Gasteiger partial charge on any atom is -0.361 e. The summed E-state index contributed by atoms with van der Waals surface area (Å²) in [6, 6.07) is 14.0. The van der Waals surface area contributed by atoms with Crippen molar-refractivity contribution in [3.8, 4) is 0 Å². The molecule has 0 aliphatic carbocycles. The summed E-state index contributed by atoms with van der Waals surface area (Å²) in [5.41, 5.74) is 8.81. The molecule has 5 heteroatoms. The number of allylic oxidation sites excluding steroid dienone is 1. The molecule has 0 spiro atoms. The maximum Gasteiger partial charge on any atom is 0.419 e. The van der Waals surface area contributed by atoms with E-state index >= 15 is 0 Å². The fourth-order valence-electron chi connectivity index (χ4n) is 3.84. The number of hydrogen-bond donors (Lipinski definition) is 0. The van der Waals surface area contributed by atoms with Crippen molar-refractivity contribution in [1.82, 2.24) is 0 Å². The van der Waals surface area contributed by atoms with E-state index in [0.717, 1.165) is 6.04 Å². The molecular formula is C21H25ClN2Si2. The first-order valence-corrected chi connectivity index (χ1v) is 12.1. The molecule has 0 bridgehead atoms. The molecule has 3 rings (SSSR count). The van der Waals surface area contributed by atoms with Crippen LogP contribution in [-0.2, 0) is 0 Å². The second-order valence-corrected chi connectivity index (χ2v) is 9.92. The zero-order chi connectivity index (χ0) is 19.0. The van der Waals surface area contributed by atoms with E-state index in [2.05, 4.69) is 96.5 Å². The Morgan fingerprint density at radius 1 is 0.885 bits per heavy atom. The minimum atomic E-state index is -1.53. The molecule has 1 aliphatic heterocycles. The summed E-state index contributed by atoms with van der Waals surface area (Å²) >= 11 is 7.27. The highest BCUT2D eigenvalue weighted by Crippen LogP contribution is 2.38. The van der Waals surface area contributed by atoms with E-state index in [1.165, 1.54) is 39.3 Å². The number of rotatable bonds is 3. The fourth-order valence-corrected chi connectivity index (χ4v) is 7.70. The van der Waals surface area contributed by atoms with E-state index in [4.69, 9.17) is 11.1 Å². The highest BCUT2D eigenvalue weighted by molar-refractivity contribution is 7.11. The molecule has 134 valence electrons. The van der Waals surface area contributed by atoms with Gasteiger partial charge in [-0.2, -0.15) is 0 Å². The van der Waals surface area contributed by atoms with Gasteiger partial charge < -0.3 is 9.13 Å². The van der Waals surface area contributed by atoms with Gasteiger partial charge in [0.2, 0.25) is 0 Å². The highest BCUT2D eigenvalue weighted by atomic mass is 35.6. The van der Waals surface area contributed by atoms with Crippen LogP contribution in [0.2, 0.25) is 6.04 Å². The lowest BCUT2D eigenvalue weighted by Crippen LogP contribution is -2.57. The van der Waals surface area contributed by atoms with Crippen molar-refractivity contribution in [2.75, 3.05) is 9.13 Å². The summed E-state index contributed by atoms with van der Waals surface area (Å²) in [7, 11) is 2.23. The van der Waals surface area contributed by atoms with Gasteiger partial charge in [0.15, 0.2) is 0 Å². The number of nitrogens with zero attached hydrogens (tertiary/aromatic N) is 2. The predicted molar refractivity (Wildman–Crippen MR) is 117 cm³/mol. The Morgan fingerprint density at radius 3 is 1.81 bits per heavy atom. The summed E-state index contributed by atoms with van der Waals surface area (Å²) in [5.74, 6) is 0. The first kappa shape index (κ1) is 19.3. The molecule has 0 saturated carbocycles. The van der Waals surface area contributed by atoms with Crippen LogP contribution in [0.5, 0.6) is 0 Å². The Balaban J connectivity index is 2.18. The molecule has 0 aromatic heterocycles. The van der Waals surface area contributed by atoms with Crippen molar-refractivity contribution in [3.63, 3.8) is 0 Å². The molecular weight excluding hydrogens is 372 g/mol. The monoisotopic (exact) mass is 396 g/mol. The van der Waals surface area contributed by atoms with E-state index in [9.17, 15) is 0 Å². The number of halogens is 1. The van der Waals surface area contributed by atoms with Crippen molar-refractivity contribution < 1.29 is 0 Å². The molecule has 1 atom stereocenters. The third kappa shape index (κ3) is 3.26. The van der Waals surface area contributed by atoms with E-state index in [-0.39, 0.29) is 6.04 Å². The number of anilines is 2. The van der Waals surface area contributed by atoms with Gasteiger partial charge in [0, 0.05) is 33.4 Å². The zero-order valence-corrected chi connectivity index (χ0v) is 18.9. The number of hydrogen-bond acceptors (Lipinski definition) is 2. The molecule has 0 saturated heterocycles. The molecule has 4 radical (unpaired) electrons. The van der Waals surface area contributed by atoms with E-state index in [0.29, 0.717) is 0 Å². The lowest BCUT2D eigenvalue weighted by Gasteiger charge is -2.46. The topological polar surface area (TPSA) is 6.48 Å². The Morgan fingerprint density at radius 2 is 1.35 bits per heavy atom. The Hall–Kier alpha value is -1.50. The molecule has 0 fully saturated rings. The first-order chi connectivity index (χ1) is 12.4. The van der Waals surface area contributed by atoms with Gasteiger partial charge in [-0.1, -0.05) is 36.4 Å². The van der Waals surface area contributed by atoms with Crippen LogP contribution in [0.25, 0.3) is 0 Å². The van der Waals surface area contributed by atoms with Crippen molar-refractivity contribution in [1.29, 1.82) is 0 Å². The van der Waals surface area contributed by atoms with Gasteiger partial charge in [-0.25, -0.2) is 0 Å². The van der Waals surface area contributed by atoms with E-state index in [1.807, 2.05) is 0 Å². The maximum absolute atomic E-state index is 7.27. The van der Waals surface area contributed by atoms with E-state index < -0.39 is 8.43 Å². The SMILES string of the molecule is CC1=CC(C[Si])N(c2c(C)cccc2C)[Si](Cl)N1c1c(C)cccc1C. The Kier molecular flexibility index (Phi) is 5.65. The Bertz CT molecular complexity index is 809. The van der Waals surface area contributed by atoms with Crippen LogP contribution in [-0.4, -0.2) is 24.7 Å². The third-order valence-corrected chi connectivity index (χ3v) is 8.42. The van der Waals surface area contributed by atoms with Crippen LogP contribution in [0, 0.1) is 27.7 Å². The average molecular weight is 397 g/mol. The number of aryl methyl sites for hydroxylation is 4. The van der Waals surface area contributed by atoms with Crippen LogP contribution < -0.4 is 9.13 Å². The Labute approximate surface area is 167 Å². The maximum atomic E-state index is 7.27. The lowest BCUT2D eigenvalue weighted by molar-refractivity contribution is 0.851. The van der Waals surface area contributed by atoms with Crippen LogP contribution in [0.3, 0.4) is 0 Å². The smallest absolute Gasteiger partial charge is 0.361 e. The van der Waals surface area contributed by atoms with Crippen molar-refractivity contribution in [2.24, 2.45) is 0 Å². The van der Waals surface area contributed by atoms with Crippen LogP contribution in [0.1, 0.15) is 29.2 Å². The summed E-state index contributed by atoms with van der Waals surface area (Å²) in [6.07, 6.45) is 2.33. The predicted octanol–water partition coefficient (Wildman–Crippen LogP) is 5.33. The third-order valence-electron chi connectivity index (χ3n) is 5.05. The van der Waals surface area contributed by atoms with Crippen molar-refractivity contribution in [3.05, 3.63) is 70.4 Å². The normalized spacial score (nSPS) is 18.3. The summed E-state index contributed by atoms with van der Waals surface area (Å²) < 4.78 is 4.80. The molecule has 1 aliphatic rings. The molecule has 0 N–H and O–H groups in total. The van der Waals surface area contributed by atoms with Crippen molar-refractivity contribution >= 4 is 41.1 Å². The second-order valence-electron chi connectivity index (χ2n) is 7.03. The van der Waals surface area contributed by atoms with Gasteiger partial charge in [0.1, 0.15) is 0 Å². The zero-order valence-electron chi connectivity index (χ0n) is 16.1. The van der Waals surface area contributed by atoms with Gasteiger partial charge in [-0.3, -0.25) is 0 Å². The molecule has 0 amide bonds. The van der Waals surface area contributed by atoms with Crippen LogP contribution in [0.15, 0.2) is 48.2 Å². The van der Waals surface area contributed by atoms with Gasteiger partial charge in [-0.15, -0.1) is 11.1 Å².